The van der Waals surface area contributed by atoms with Crippen LogP contribution in [0.4, 0.5) is 29.3 Å². The van der Waals surface area contributed by atoms with Crippen molar-refractivity contribution in [3.05, 3.63) is 82.9 Å². The molecule has 3 N–H and O–H groups in total. The lowest BCUT2D eigenvalue weighted by molar-refractivity contribution is -0.141. The third-order valence-electron chi connectivity index (χ3n) is 10.3. The zero-order valence-corrected chi connectivity index (χ0v) is 31.4. The summed E-state index contributed by atoms with van der Waals surface area (Å²) in [6, 6.07) is 14.7. The van der Waals surface area contributed by atoms with Crippen molar-refractivity contribution in [3.8, 4) is 11.5 Å². The number of aromatic amines is 2. The standard InChI is InChI=1S/C39H34ClF3N6O8/c1-47-8-10-48(11-9-47)38(53)57-28-16-26-30(31-32(37(52)55-3)34(39(41,42)43)46-33(28)31)21(17-40)18-49(26)36(51)25-13-20-12-22(5-7-24(20)45-25)44-35(50)29-14-19-4-6-23(54-2)15-27(19)56-29/h4-7,12-16,21,45-46H,8-11,17-18H2,1-3H3,(H,44,50)/t21-/m1/s1. The molecule has 6 aromatic rings. The van der Waals surface area contributed by atoms with E-state index in [0.29, 0.717) is 59.5 Å². The molecular weight excluding hydrogens is 773 g/mol. The zero-order chi connectivity index (χ0) is 40.3. The van der Waals surface area contributed by atoms with Crippen LogP contribution in [-0.2, 0) is 10.9 Å². The number of ether oxygens (including phenoxy) is 3. The Bertz CT molecular complexity index is 2610. The highest BCUT2D eigenvalue weighted by Gasteiger charge is 2.44. The summed E-state index contributed by atoms with van der Waals surface area (Å²) in [5.74, 6) is -2.89. The number of carbonyl (C=O) groups excluding carboxylic acids is 4. The number of anilines is 2. The van der Waals surface area contributed by atoms with Gasteiger partial charge in [0.15, 0.2) is 11.5 Å². The van der Waals surface area contributed by atoms with Crippen molar-refractivity contribution in [2.75, 3.05) is 70.1 Å². The minimum Gasteiger partial charge on any atom is -0.497 e. The fraction of sp³-hybridized carbons (Fsp3) is 0.282. The molecule has 0 unspecified atom stereocenters. The van der Waals surface area contributed by atoms with Crippen LogP contribution >= 0.6 is 11.6 Å². The van der Waals surface area contributed by atoms with Gasteiger partial charge in [-0.2, -0.15) is 13.2 Å². The van der Waals surface area contributed by atoms with E-state index in [9.17, 15) is 32.3 Å². The Labute approximate surface area is 326 Å². The number of fused-ring (bicyclic) bond motifs is 5. The molecule has 296 valence electrons. The third-order valence-corrected chi connectivity index (χ3v) is 10.7. The molecule has 3 aromatic heterocycles. The predicted molar refractivity (Wildman–Crippen MR) is 204 cm³/mol. The lowest BCUT2D eigenvalue weighted by atomic mass is 9.95. The maximum Gasteiger partial charge on any atom is 0.432 e. The molecule has 0 spiro atoms. The maximum atomic E-state index is 14.5. The van der Waals surface area contributed by atoms with E-state index >= 15 is 0 Å². The van der Waals surface area contributed by atoms with E-state index in [1.165, 1.54) is 23.0 Å². The van der Waals surface area contributed by atoms with Crippen LogP contribution in [0.15, 0.2) is 59.0 Å². The lowest BCUT2D eigenvalue weighted by Crippen LogP contribution is -2.48. The molecule has 3 aromatic carbocycles. The van der Waals surface area contributed by atoms with Crippen molar-refractivity contribution in [1.29, 1.82) is 0 Å². The summed E-state index contributed by atoms with van der Waals surface area (Å²) in [7, 11) is 4.37. The van der Waals surface area contributed by atoms with Crippen molar-refractivity contribution in [2.24, 2.45) is 0 Å². The van der Waals surface area contributed by atoms with Gasteiger partial charge in [0.05, 0.1) is 31.0 Å². The average molecular weight is 807 g/mol. The number of nitrogens with one attached hydrogen (secondary N) is 3. The molecule has 18 heteroatoms. The largest absolute Gasteiger partial charge is 0.497 e. The van der Waals surface area contributed by atoms with Crippen molar-refractivity contribution >= 4 is 79.6 Å². The molecule has 8 rings (SSSR count). The van der Waals surface area contributed by atoms with Gasteiger partial charge in [-0.05, 0) is 55.1 Å². The van der Waals surface area contributed by atoms with E-state index in [1.807, 2.05) is 11.9 Å². The minimum absolute atomic E-state index is 0.0736. The number of benzene rings is 3. The number of H-pyrrole nitrogens is 2. The van der Waals surface area contributed by atoms with Crippen LogP contribution in [0.1, 0.15) is 48.6 Å². The number of likely N-dealkylation sites (N-methyl/N-ethyl adjacent to an activating group) is 1. The highest BCUT2D eigenvalue weighted by molar-refractivity contribution is 6.20. The third kappa shape index (κ3) is 6.75. The average Bonchev–Trinajstić information content (AvgIpc) is 3.99. The number of rotatable bonds is 7. The van der Waals surface area contributed by atoms with Crippen LogP contribution in [0.5, 0.6) is 11.5 Å². The smallest absolute Gasteiger partial charge is 0.432 e. The Hall–Kier alpha value is -6.20. The summed E-state index contributed by atoms with van der Waals surface area (Å²) < 4.78 is 65.1. The Morgan fingerprint density at radius 3 is 2.44 bits per heavy atom. The number of nitrogens with zero attached hydrogens (tertiary/aromatic N) is 3. The van der Waals surface area contributed by atoms with E-state index in [0.717, 1.165) is 7.11 Å². The van der Waals surface area contributed by atoms with Gasteiger partial charge in [-0.1, -0.05) is 0 Å². The number of halogens is 4. The topological polar surface area (TPSA) is 162 Å². The molecule has 0 radical (unpaired) electrons. The highest BCUT2D eigenvalue weighted by Crippen LogP contribution is 2.50. The number of furan rings is 1. The number of hydrogen-bond donors (Lipinski definition) is 3. The normalized spacial score (nSPS) is 16.0. The zero-order valence-electron chi connectivity index (χ0n) is 30.6. The van der Waals surface area contributed by atoms with Gasteiger partial charge in [0, 0.05) is 84.0 Å². The Morgan fingerprint density at radius 2 is 1.74 bits per heavy atom. The lowest BCUT2D eigenvalue weighted by Gasteiger charge is -2.31. The number of piperazine rings is 1. The molecule has 5 heterocycles. The van der Waals surface area contributed by atoms with Crippen LogP contribution in [0, 0.1) is 0 Å². The van der Waals surface area contributed by atoms with E-state index in [4.69, 9.17) is 30.2 Å². The van der Waals surface area contributed by atoms with E-state index in [-0.39, 0.29) is 51.8 Å². The molecule has 57 heavy (non-hydrogen) atoms. The number of amides is 3. The molecule has 0 bridgehead atoms. The van der Waals surface area contributed by atoms with Crippen molar-refractivity contribution in [1.82, 2.24) is 19.8 Å². The van der Waals surface area contributed by atoms with E-state index in [1.54, 1.807) is 48.5 Å². The maximum absolute atomic E-state index is 14.5. The van der Waals surface area contributed by atoms with Gasteiger partial charge >= 0.3 is 18.2 Å². The second-order valence-corrected chi connectivity index (χ2v) is 14.1. The fourth-order valence-corrected chi connectivity index (χ4v) is 7.63. The van der Waals surface area contributed by atoms with Crippen molar-refractivity contribution in [3.63, 3.8) is 0 Å². The van der Waals surface area contributed by atoms with Gasteiger partial charge in [0.2, 0.25) is 0 Å². The van der Waals surface area contributed by atoms with E-state index < -0.39 is 47.2 Å². The molecule has 2 aliphatic rings. The predicted octanol–water partition coefficient (Wildman–Crippen LogP) is 7.19. The quantitative estimate of drug-likeness (QED) is 0.112. The van der Waals surface area contributed by atoms with Crippen molar-refractivity contribution < 1.29 is 51.0 Å². The van der Waals surface area contributed by atoms with Gasteiger partial charge in [0.1, 0.15) is 22.7 Å². The fourth-order valence-electron chi connectivity index (χ4n) is 7.38. The molecule has 1 atom stereocenters. The minimum atomic E-state index is -5.04. The first-order valence-electron chi connectivity index (χ1n) is 17.7. The summed E-state index contributed by atoms with van der Waals surface area (Å²) >= 11 is 6.42. The van der Waals surface area contributed by atoms with Gasteiger partial charge in [-0.25, -0.2) is 9.59 Å². The molecule has 0 saturated carbocycles. The number of esters is 1. The van der Waals surface area contributed by atoms with E-state index in [2.05, 4.69) is 15.3 Å². The van der Waals surface area contributed by atoms with Crippen LogP contribution in [-0.4, -0.2) is 104 Å². The summed E-state index contributed by atoms with van der Waals surface area (Å²) in [6.07, 6.45) is -5.85. The second kappa shape index (κ2) is 14.4. The molecule has 1 saturated heterocycles. The summed E-state index contributed by atoms with van der Waals surface area (Å²) in [5.41, 5.74) is -0.652. The number of hydrogen-bond acceptors (Lipinski definition) is 9. The summed E-state index contributed by atoms with van der Waals surface area (Å²) in [6.45, 7) is 1.66. The molecule has 1 fully saturated rings. The first-order chi connectivity index (χ1) is 27.3. The molecule has 14 nitrogen and oxygen atoms in total. The number of methoxy groups -OCH3 is 2. The molecule has 2 aliphatic heterocycles. The molecule has 3 amide bonds. The summed E-state index contributed by atoms with van der Waals surface area (Å²) in [5, 5.41) is 3.86. The number of carbonyl (C=O) groups is 4. The first-order valence-corrected chi connectivity index (χ1v) is 18.2. The monoisotopic (exact) mass is 806 g/mol. The van der Waals surface area contributed by atoms with Gasteiger partial charge in [0.25, 0.3) is 11.8 Å². The Kier molecular flexibility index (Phi) is 9.52. The summed E-state index contributed by atoms with van der Waals surface area (Å²) in [4.78, 5) is 64.1. The molecule has 0 aliphatic carbocycles. The number of aromatic nitrogens is 2. The van der Waals surface area contributed by atoms with Crippen LogP contribution in [0.25, 0.3) is 32.8 Å². The second-order valence-electron chi connectivity index (χ2n) is 13.8. The molecular formula is C39H34ClF3N6O8. The van der Waals surface area contributed by atoms with Crippen molar-refractivity contribution in [2.45, 2.75) is 12.1 Å². The van der Waals surface area contributed by atoms with Gasteiger partial charge in [-0.3, -0.25) is 9.59 Å². The van der Waals surface area contributed by atoms with Crippen LogP contribution in [0.3, 0.4) is 0 Å². The SMILES string of the molecule is COC(=O)c1c(C(F)(F)F)[nH]c2c(OC(=O)N3CCN(C)CC3)cc3c(c12)[C@H](CCl)CN3C(=O)c1cc2cc(NC(=O)c3cc4ccc(OC)cc4o3)ccc2[nH]1. The number of alkyl halides is 4. The van der Waals surface area contributed by atoms with Gasteiger partial charge in [-0.15, -0.1) is 11.6 Å². The first kappa shape index (κ1) is 37.7. The van der Waals surface area contributed by atoms with Crippen LogP contribution in [0.2, 0.25) is 0 Å². The van der Waals surface area contributed by atoms with Crippen LogP contribution < -0.4 is 19.7 Å². The Morgan fingerprint density at radius 1 is 0.965 bits per heavy atom. The van der Waals surface area contributed by atoms with Gasteiger partial charge < -0.3 is 48.6 Å². The highest BCUT2D eigenvalue weighted by atomic mass is 35.5. The Balaban J connectivity index is 1.16.